The van der Waals surface area contributed by atoms with E-state index in [9.17, 15) is 9.59 Å². The van der Waals surface area contributed by atoms with Gasteiger partial charge < -0.3 is 24.7 Å². The molecule has 1 fully saturated rings. The summed E-state index contributed by atoms with van der Waals surface area (Å²) in [7, 11) is 5.66. The Morgan fingerprint density at radius 1 is 1.12 bits per heavy atom. The van der Waals surface area contributed by atoms with Crippen LogP contribution in [0.3, 0.4) is 0 Å². The minimum Gasteiger partial charge on any atom is -0.496 e. The number of pyridine rings is 1. The van der Waals surface area contributed by atoms with E-state index in [0.29, 0.717) is 39.3 Å². The van der Waals surface area contributed by atoms with Crippen LogP contribution in [0, 0.1) is 5.92 Å². The number of amides is 2. The maximum atomic E-state index is 13.2. The van der Waals surface area contributed by atoms with Gasteiger partial charge in [0, 0.05) is 18.2 Å². The predicted molar refractivity (Wildman–Crippen MR) is 128 cm³/mol. The zero-order valence-corrected chi connectivity index (χ0v) is 19.6. The van der Waals surface area contributed by atoms with E-state index in [4.69, 9.17) is 20.8 Å². The molecule has 1 aliphatic carbocycles. The summed E-state index contributed by atoms with van der Waals surface area (Å²) in [6, 6.07) is 8.95. The van der Waals surface area contributed by atoms with Crippen molar-refractivity contribution in [1.29, 1.82) is 0 Å². The molecule has 2 amide bonds. The average molecular weight is 471 g/mol. The summed E-state index contributed by atoms with van der Waals surface area (Å²) >= 11 is 5.88. The molecule has 2 heterocycles. The Bertz CT molecular complexity index is 1150. The van der Waals surface area contributed by atoms with Crippen LogP contribution in [-0.2, 0) is 4.79 Å². The first-order valence-corrected chi connectivity index (χ1v) is 11.2. The zero-order chi connectivity index (χ0) is 23.5. The van der Waals surface area contributed by atoms with Crippen LogP contribution < -0.4 is 15.4 Å². The topological polar surface area (TPSA) is 96.7 Å². The molecule has 0 radical (unpaired) electrons. The van der Waals surface area contributed by atoms with E-state index >= 15 is 0 Å². The molecule has 1 saturated carbocycles. The van der Waals surface area contributed by atoms with Crippen molar-refractivity contribution >= 4 is 45.9 Å². The van der Waals surface area contributed by atoms with E-state index in [2.05, 4.69) is 34.6 Å². The highest BCUT2D eigenvalue weighted by Gasteiger charge is 2.30. The van der Waals surface area contributed by atoms with Crippen LogP contribution >= 0.6 is 11.6 Å². The van der Waals surface area contributed by atoms with Gasteiger partial charge in [0.05, 0.1) is 17.5 Å². The zero-order valence-electron chi connectivity index (χ0n) is 18.9. The Labute approximate surface area is 197 Å². The molecule has 1 aliphatic rings. The van der Waals surface area contributed by atoms with Crippen LogP contribution in [0.25, 0.3) is 11.0 Å². The number of carbonyl (C=O) groups is 2. The number of nitrogens with zero attached hydrogens (tertiary/aromatic N) is 2. The fourth-order valence-electron chi connectivity index (χ4n) is 4.27. The quantitative estimate of drug-likeness (QED) is 0.537. The standard InChI is InChI=1S/C24H27ClN4O4/c1-29(2)16-10-7-14(8-11-16)23(30)28-21-20-17(32-3)5-4-6-18(20)33-22(21)24(31)27-19-12-9-15(25)13-26-19/h4-6,9,12-14,16H,7-8,10-11H2,1-3H3,(H,28,30)(H,26,27,31). The Kier molecular flexibility index (Phi) is 6.85. The number of hydrogen-bond acceptors (Lipinski definition) is 6. The lowest BCUT2D eigenvalue weighted by Crippen LogP contribution is -2.35. The molecule has 8 nitrogen and oxygen atoms in total. The number of hydrogen-bond donors (Lipinski definition) is 2. The smallest absolute Gasteiger partial charge is 0.294 e. The van der Waals surface area contributed by atoms with Gasteiger partial charge in [0.1, 0.15) is 22.8 Å². The number of rotatable bonds is 6. The molecule has 2 N–H and O–H groups in total. The summed E-state index contributed by atoms with van der Waals surface area (Å²) in [5.74, 6) is 0.0214. The predicted octanol–water partition coefficient (Wildman–Crippen LogP) is 4.80. The van der Waals surface area contributed by atoms with E-state index < -0.39 is 5.91 Å². The second-order valence-electron chi connectivity index (χ2n) is 8.41. The number of aromatic nitrogens is 1. The van der Waals surface area contributed by atoms with Crippen LogP contribution in [0.4, 0.5) is 11.5 Å². The molecule has 174 valence electrons. The third-order valence-corrected chi connectivity index (χ3v) is 6.34. The molecule has 9 heteroatoms. The molecule has 0 unspecified atom stereocenters. The van der Waals surface area contributed by atoms with Crippen LogP contribution in [-0.4, -0.2) is 48.9 Å². The lowest BCUT2D eigenvalue weighted by Gasteiger charge is -2.31. The molecule has 4 rings (SSSR count). The first-order chi connectivity index (χ1) is 15.9. The van der Waals surface area contributed by atoms with E-state index in [1.54, 1.807) is 30.3 Å². The van der Waals surface area contributed by atoms with Crippen LogP contribution in [0.5, 0.6) is 5.75 Å². The normalized spacial score (nSPS) is 18.3. The third kappa shape index (κ3) is 4.96. The number of fused-ring (bicyclic) bond motifs is 1. The number of halogens is 1. The molecule has 0 atom stereocenters. The first-order valence-electron chi connectivity index (χ1n) is 10.9. The second kappa shape index (κ2) is 9.80. The van der Waals surface area contributed by atoms with Crippen molar-refractivity contribution in [2.45, 2.75) is 31.7 Å². The summed E-state index contributed by atoms with van der Waals surface area (Å²) in [6.07, 6.45) is 4.92. The molecule has 1 aromatic carbocycles. The molecular formula is C24H27ClN4O4. The number of benzene rings is 1. The van der Waals surface area contributed by atoms with Crippen molar-refractivity contribution in [2.75, 3.05) is 31.8 Å². The number of nitrogens with one attached hydrogen (secondary N) is 2. The summed E-state index contributed by atoms with van der Waals surface area (Å²) in [4.78, 5) is 32.6. The molecule has 3 aromatic rings. The molecule has 0 bridgehead atoms. The molecule has 33 heavy (non-hydrogen) atoms. The van der Waals surface area contributed by atoms with Crippen molar-refractivity contribution in [3.8, 4) is 5.75 Å². The van der Waals surface area contributed by atoms with E-state index in [-0.39, 0.29) is 17.6 Å². The van der Waals surface area contributed by atoms with Gasteiger partial charge in [-0.25, -0.2) is 4.98 Å². The van der Waals surface area contributed by atoms with Gasteiger partial charge in [-0.05, 0) is 64.0 Å². The van der Waals surface area contributed by atoms with Gasteiger partial charge in [0.15, 0.2) is 0 Å². The average Bonchev–Trinajstić information content (AvgIpc) is 3.19. The Morgan fingerprint density at radius 2 is 1.88 bits per heavy atom. The molecular weight excluding hydrogens is 444 g/mol. The van der Waals surface area contributed by atoms with Gasteiger partial charge in [-0.2, -0.15) is 0 Å². The Morgan fingerprint density at radius 3 is 2.52 bits per heavy atom. The van der Waals surface area contributed by atoms with Crippen LogP contribution in [0.15, 0.2) is 40.9 Å². The molecule has 0 spiro atoms. The highest BCUT2D eigenvalue weighted by Crippen LogP contribution is 2.39. The highest BCUT2D eigenvalue weighted by molar-refractivity contribution is 6.30. The van der Waals surface area contributed by atoms with Crippen molar-refractivity contribution in [3.05, 3.63) is 47.3 Å². The summed E-state index contributed by atoms with van der Waals surface area (Å²) < 4.78 is 11.4. The summed E-state index contributed by atoms with van der Waals surface area (Å²) in [5.41, 5.74) is 0.740. The maximum Gasteiger partial charge on any atom is 0.294 e. The number of methoxy groups -OCH3 is 1. The van der Waals surface area contributed by atoms with Crippen LogP contribution in [0.2, 0.25) is 5.02 Å². The summed E-state index contributed by atoms with van der Waals surface area (Å²) in [6.45, 7) is 0. The van der Waals surface area contributed by atoms with Crippen molar-refractivity contribution in [2.24, 2.45) is 5.92 Å². The lowest BCUT2D eigenvalue weighted by molar-refractivity contribution is -0.121. The monoisotopic (exact) mass is 470 g/mol. The first kappa shape index (κ1) is 23.1. The minimum atomic E-state index is -0.533. The number of ether oxygens (including phenoxy) is 1. The Hall–Kier alpha value is -3.10. The van der Waals surface area contributed by atoms with E-state index in [0.717, 1.165) is 25.7 Å². The lowest BCUT2D eigenvalue weighted by atomic mass is 9.85. The number of carbonyl (C=O) groups excluding carboxylic acids is 2. The largest absolute Gasteiger partial charge is 0.496 e. The van der Waals surface area contributed by atoms with Crippen molar-refractivity contribution in [3.63, 3.8) is 0 Å². The second-order valence-corrected chi connectivity index (χ2v) is 8.85. The fraction of sp³-hybridized carbons (Fsp3) is 0.375. The maximum absolute atomic E-state index is 13.2. The van der Waals surface area contributed by atoms with Gasteiger partial charge in [-0.1, -0.05) is 17.7 Å². The van der Waals surface area contributed by atoms with Crippen molar-refractivity contribution in [1.82, 2.24) is 9.88 Å². The molecule has 2 aromatic heterocycles. The van der Waals surface area contributed by atoms with Gasteiger partial charge in [0.2, 0.25) is 11.7 Å². The highest BCUT2D eigenvalue weighted by atomic mass is 35.5. The van der Waals surface area contributed by atoms with E-state index in [1.165, 1.54) is 13.3 Å². The number of anilines is 2. The fourth-order valence-corrected chi connectivity index (χ4v) is 4.38. The SMILES string of the molecule is COc1cccc2oc(C(=O)Nc3ccc(Cl)cn3)c(NC(=O)C3CCC(N(C)C)CC3)c12. The number of furan rings is 1. The Balaban J connectivity index is 1.63. The molecule has 0 aliphatic heterocycles. The third-order valence-electron chi connectivity index (χ3n) is 6.12. The molecule has 0 saturated heterocycles. The van der Waals surface area contributed by atoms with Crippen LogP contribution in [0.1, 0.15) is 36.2 Å². The van der Waals surface area contributed by atoms with Crippen molar-refractivity contribution < 1.29 is 18.7 Å². The van der Waals surface area contributed by atoms with E-state index in [1.807, 2.05) is 0 Å². The van der Waals surface area contributed by atoms with Gasteiger partial charge in [-0.3, -0.25) is 9.59 Å². The van der Waals surface area contributed by atoms with Gasteiger partial charge in [0.25, 0.3) is 5.91 Å². The van der Waals surface area contributed by atoms with Gasteiger partial charge >= 0.3 is 0 Å². The summed E-state index contributed by atoms with van der Waals surface area (Å²) in [5, 5.41) is 6.67. The minimum absolute atomic E-state index is 0.0124. The van der Waals surface area contributed by atoms with Gasteiger partial charge in [-0.15, -0.1) is 0 Å².